The number of aromatic nitrogens is 2. The number of likely N-dealkylation sites (tertiary alicyclic amines) is 1. The van der Waals surface area contributed by atoms with Crippen LogP contribution in [0.15, 0.2) is 6.07 Å². The Morgan fingerprint density at radius 3 is 2.64 bits per heavy atom. The first kappa shape index (κ1) is 19.0. The van der Waals surface area contributed by atoms with Gasteiger partial charge in [0.2, 0.25) is 5.28 Å². The van der Waals surface area contributed by atoms with Gasteiger partial charge in [-0.05, 0) is 68.9 Å². The minimum absolute atomic E-state index is 0.334. The molecular weight excluding hydrogens is 394 g/mol. The van der Waals surface area contributed by atoms with Gasteiger partial charge < -0.3 is 15.0 Å². The third-order valence-corrected chi connectivity index (χ3v) is 7.32. The average molecular weight is 422 g/mol. The van der Waals surface area contributed by atoms with Gasteiger partial charge in [-0.1, -0.05) is 0 Å². The van der Waals surface area contributed by atoms with Gasteiger partial charge in [0.25, 0.3) is 0 Å². The lowest BCUT2D eigenvalue weighted by Crippen LogP contribution is -2.42. The van der Waals surface area contributed by atoms with E-state index in [0.29, 0.717) is 11.3 Å². The first-order valence-electron chi connectivity index (χ1n) is 10.5. The number of hydrogen-bond acceptors (Lipinski definition) is 7. The maximum Gasteiger partial charge on any atom is 0.224 e. The Kier molecular flexibility index (Phi) is 5.70. The zero-order valence-corrected chi connectivity index (χ0v) is 17.8. The molecule has 6 nitrogen and oxygen atoms in total. The molecule has 1 N–H and O–H groups in total. The van der Waals surface area contributed by atoms with Gasteiger partial charge in [0.15, 0.2) is 5.82 Å². The number of rotatable bonds is 6. The Morgan fingerprint density at radius 2 is 1.89 bits per heavy atom. The average Bonchev–Trinajstić information content (AvgIpc) is 3.46. The van der Waals surface area contributed by atoms with Crippen LogP contribution in [0, 0.1) is 5.92 Å². The van der Waals surface area contributed by atoms with Crippen molar-refractivity contribution in [2.45, 2.75) is 38.3 Å². The van der Waals surface area contributed by atoms with Crippen molar-refractivity contribution in [2.24, 2.45) is 5.92 Å². The quantitative estimate of drug-likeness (QED) is 0.723. The van der Waals surface area contributed by atoms with Crippen molar-refractivity contribution in [3.63, 3.8) is 0 Å². The molecule has 4 heterocycles. The van der Waals surface area contributed by atoms with Crippen molar-refractivity contribution in [3.05, 3.63) is 16.2 Å². The zero-order chi connectivity index (χ0) is 18.9. The number of piperidine rings is 1. The Labute approximate surface area is 175 Å². The van der Waals surface area contributed by atoms with Gasteiger partial charge in [0.1, 0.15) is 0 Å². The molecule has 28 heavy (non-hydrogen) atoms. The number of nitrogens with one attached hydrogen (secondary N) is 1. The van der Waals surface area contributed by atoms with Crippen LogP contribution in [0.5, 0.6) is 0 Å². The summed E-state index contributed by atoms with van der Waals surface area (Å²) in [6.45, 7) is 7.75. The first-order chi connectivity index (χ1) is 13.7. The second-order valence-electron chi connectivity index (χ2n) is 8.24. The fourth-order valence-electron chi connectivity index (χ4n) is 4.17. The van der Waals surface area contributed by atoms with Crippen LogP contribution in [0.4, 0.5) is 5.82 Å². The van der Waals surface area contributed by atoms with Crippen LogP contribution in [-0.2, 0) is 11.3 Å². The second-order valence-corrected chi connectivity index (χ2v) is 9.72. The van der Waals surface area contributed by atoms with Gasteiger partial charge in [0, 0.05) is 30.6 Å². The monoisotopic (exact) mass is 421 g/mol. The van der Waals surface area contributed by atoms with E-state index in [2.05, 4.69) is 31.2 Å². The largest absolute Gasteiger partial charge is 0.378 e. The Balaban J connectivity index is 1.25. The molecule has 2 aromatic rings. The number of morpholine rings is 1. The summed E-state index contributed by atoms with van der Waals surface area (Å²) in [5.74, 6) is 1.93. The van der Waals surface area contributed by atoms with E-state index in [4.69, 9.17) is 16.3 Å². The van der Waals surface area contributed by atoms with Crippen molar-refractivity contribution in [1.82, 2.24) is 20.2 Å². The Morgan fingerprint density at radius 1 is 1.11 bits per heavy atom. The highest BCUT2D eigenvalue weighted by Gasteiger charge is 2.25. The van der Waals surface area contributed by atoms with Gasteiger partial charge in [-0.2, -0.15) is 4.98 Å². The highest BCUT2D eigenvalue weighted by molar-refractivity contribution is 7.19. The number of nitrogens with zero attached hydrogens (tertiary/aromatic N) is 4. The topological polar surface area (TPSA) is 53.5 Å². The number of anilines is 1. The van der Waals surface area contributed by atoms with Gasteiger partial charge in [-0.3, -0.25) is 4.90 Å². The van der Waals surface area contributed by atoms with Crippen molar-refractivity contribution in [3.8, 4) is 0 Å². The van der Waals surface area contributed by atoms with Gasteiger partial charge in [0.05, 0.1) is 23.4 Å². The molecular formula is C20H28ClN5OS. The van der Waals surface area contributed by atoms with Crippen molar-refractivity contribution >= 4 is 39.0 Å². The molecule has 0 spiro atoms. The third-order valence-electron chi connectivity index (χ3n) is 6.05. The van der Waals surface area contributed by atoms with Crippen LogP contribution >= 0.6 is 22.9 Å². The second kappa shape index (κ2) is 8.40. The number of ether oxygens (including phenoxy) is 1. The molecule has 0 unspecified atom stereocenters. The number of fused-ring (bicyclic) bond motifs is 1. The maximum atomic E-state index is 6.22. The molecule has 1 saturated carbocycles. The van der Waals surface area contributed by atoms with E-state index in [-0.39, 0.29) is 0 Å². The fourth-order valence-corrected chi connectivity index (χ4v) is 5.50. The summed E-state index contributed by atoms with van der Waals surface area (Å²) in [4.78, 5) is 15.2. The molecule has 0 atom stereocenters. The number of halogens is 1. The molecule has 5 rings (SSSR count). The minimum Gasteiger partial charge on any atom is -0.378 e. The standard InChI is InChI=1S/C20H28ClN5OS/c21-20-23-17-11-16(28-18(17)19(24-20)26-7-9-27-10-8-26)13-25-5-3-15(4-6-25)22-12-14-1-2-14/h11,14-15,22H,1-10,12-13H2. The van der Waals surface area contributed by atoms with Crippen molar-refractivity contribution in [1.29, 1.82) is 0 Å². The summed E-state index contributed by atoms with van der Waals surface area (Å²) in [6.07, 6.45) is 5.36. The summed E-state index contributed by atoms with van der Waals surface area (Å²) in [5.41, 5.74) is 0.975. The lowest BCUT2D eigenvalue weighted by Gasteiger charge is -2.32. The molecule has 0 amide bonds. The highest BCUT2D eigenvalue weighted by atomic mass is 35.5. The van der Waals surface area contributed by atoms with E-state index in [0.717, 1.165) is 54.8 Å². The summed E-state index contributed by atoms with van der Waals surface area (Å²) in [6, 6.07) is 2.91. The van der Waals surface area contributed by atoms with Crippen molar-refractivity contribution < 1.29 is 4.74 Å². The lowest BCUT2D eigenvalue weighted by atomic mass is 10.0. The molecule has 1 aliphatic carbocycles. The van der Waals surface area contributed by atoms with Crippen LogP contribution in [0.3, 0.4) is 0 Å². The van der Waals surface area contributed by atoms with Crippen LogP contribution < -0.4 is 10.2 Å². The lowest BCUT2D eigenvalue weighted by molar-refractivity contribution is 0.122. The van der Waals surface area contributed by atoms with Gasteiger partial charge >= 0.3 is 0 Å². The Bertz CT molecular complexity index is 812. The highest BCUT2D eigenvalue weighted by Crippen LogP contribution is 2.34. The van der Waals surface area contributed by atoms with E-state index in [1.165, 1.54) is 50.2 Å². The van der Waals surface area contributed by atoms with Crippen LogP contribution in [0.1, 0.15) is 30.6 Å². The molecule has 2 aliphatic heterocycles. The fraction of sp³-hybridized carbons (Fsp3) is 0.700. The SMILES string of the molecule is Clc1nc(N2CCOCC2)c2sc(CN3CCC(NCC4CC4)CC3)cc2n1. The summed E-state index contributed by atoms with van der Waals surface area (Å²) < 4.78 is 6.64. The van der Waals surface area contributed by atoms with Gasteiger partial charge in [-0.15, -0.1) is 11.3 Å². The van der Waals surface area contributed by atoms with Crippen LogP contribution in [-0.4, -0.2) is 66.8 Å². The number of thiophene rings is 1. The molecule has 3 aliphatic rings. The summed E-state index contributed by atoms with van der Waals surface area (Å²) >= 11 is 8.04. The minimum atomic E-state index is 0.334. The van der Waals surface area contributed by atoms with Crippen LogP contribution in [0.25, 0.3) is 10.2 Å². The van der Waals surface area contributed by atoms with Gasteiger partial charge in [-0.25, -0.2) is 4.98 Å². The molecule has 0 radical (unpaired) electrons. The van der Waals surface area contributed by atoms with Crippen molar-refractivity contribution in [2.75, 3.05) is 50.8 Å². The third kappa shape index (κ3) is 4.44. The molecule has 8 heteroatoms. The molecule has 2 aromatic heterocycles. The predicted molar refractivity (Wildman–Crippen MR) is 114 cm³/mol. The van der Waals surface area contributed by atoms with E-state index in [9.17, 15) is 0 Å². The maximum absolute atomic E-state index is 6.22. The summed E-state index contributed by atoms with van der Waals surface area (Å²) in [5, 5.41) is 4.10. The number of hydrogen-bond donors (Lipinski definition) is 1. The van der Waals surface area contributed by atoms with E-state index in [1.54, 1.807) is 0 Å². The van der Waals surface area contributed by atoms with E-state index in [1.807, 2.05) is 11.3 Å². The molecule has 3 fully saturated rings. The summed E-state index contributed by atoms with van der Waals surface area (Å²) in [7, 11) is 0. The molecule has 0 bridgehead atoms. The van der Waals surface area contributed by atoms with Crippen LogP contribution in [0.2, 0.25) is 5.28 Å². The van der Waals surface area contributed by atoms with E-state index >= 15 is 0 Å². The first-order valence-corrected chi connectivity index (χ1v) is 11.7. The van der Waals surface area contributed by atoms with E-state index < -0.39 is 0 Å². The normalized spacial score (nSPS) is 22.2. The zero-order valence-electron chi connectivity index (χ0n) is 16.2. The predicted octanol–water partition coefficient (Wildman–Crippen LogP) is 3.15. The Hall–Kier alpha value is -0.990. The molecule has 152 valence electrons. The smallest absolute Gasteiger partial charge is 0.224 e. The molecule has 0 aromatic carbocycles. The molecule has 2 saturated heterocycles.